The highest BCUT2D eigenvalue weighted by Gasteiger charge is 2.19. The molecule has 0 heterocycles. The van der Waals surface area contributed by atoms with Crippen LogP contribution in [0.4, 0.5) is 0 Å². The number of thioether (sulfide) groups is 1. The lowest BCUT2D eigenvalue weighted by Gasteiger charge is -2.25. The molecular formula is C11H25NOS. The summed E-state index contributed by atoms with van der Waals surface area (Å²) < 4.78 is 0. The zero-order chi connectivity index (χ0) is 10.9. The van der Waals surface area contributed by atoms with Crippen molar-refractivity contribution in [1.29, 1.82) is 0 Å². The van der Waals surface area contributed by atoms with Crippen LogP contribution in [0.2, 0.25) is 0 Å². The Hall–Kier alpha value is 0.270. The molecule has 3 heteroatoms. The second-order valence-electron chi connectivity index (χ2n) is 4.20. The third kappa shape index (κ3) is 6.68. The van der Waals surface area contributed by atoms with Crippen LogP contribution in [0.25, 0.3) is 0 Å². The molecule has 0 bridgehead atoms. The molecule has 0 aliphatic rings. The largest absolute Gasteiger partial charge is 0.396 e. The van der Waals surface area contributed by atoms with Crippen LogP contribution in [-0.2, 0) is 0 Å². The maximum atomic E-state index is 9.18. The second-order valence-corrected chi connectivity index (χ2v) is 5.18. The van der Waals surface area contributed by atoms with E-state index in [4.69, 9.17) is 0 Å². The van der Waals surface area contributed by atoms with E-state index in [-0.39, 0.29) is 12.0 Å². The van der Waals surface area contributed by atoms with Gasteiger partial charge in [-0.05, 0) is 37.8 Å². The molecule has 1 unspecified atom stereocenters. The fourth-order valence-electron chi connectivity index (χ4n) is 1.18. The molecule has 2 N–H and O–H groups in total. The Morgan fingerprint density at radius 1 is 1.36 bits per heavy atom. The molecule has 14 heavy (non-hydrogen) atoms. The molecule has 0 radical (unpaired) electrons. The number of nitrogens with one attached hydrogen (secondary N) is 1. The first-order chi connectivity index (χ1) is 6.68. The molecule has 0 aliphatic heterocycles. The molecule has 0 aromatic carbocycles. The molecule has 0 saturated carbocycles. The molecule has 0 amide bonds. The number of hydrogen-bond donors (Lipinski definition) is 2. The fraction of sp³-hybridized carbons (Fsp3) is 1.00. The Labute approximate surface area is 92.9 Å². The van der Waals surface area contributed by atoms with E-state index in [1.54, 1.807) is 0 Å². The van der Waals surface area contributed by atoms with Crippen molar-refractivity contribution in [2.45, 2.75) is 33.1 Å². The highest BCUT2D eigenvalue weighted by Crippen LogP contribution is 2.18. The van der Waals surface area contributed by atoms with Crippen molar-refractivity contribution in [2.24, 2.45) is 5.41 Å². The molecule has 0 aromatic rings. The average molecular weight is 219 g/mol. The summed E-state index contributed by atoms with van der Waals surface area (Å²) in [6, 6.07) is 0. The number of rotatable bonds is 9. The standard InChI is InChI=1S/C11H25NOS/c1-4-11(2,10-13)9-12-7-5-6-8-14-3/h12-13H,4-10H2,1-3H3. The smallest absolute Gasteiger partial charge is 0.0496 e. The van der Waals surface area contributed by atoms with Gasteiger partial charge in [0.1, 0.15) is 0 Å². The highest BCUT2D eigenvalue weighted by atomic mass is 32.2. The molecule has 2 nitrogen and oxygen atoms in total. The van der Waals surface area contributed by atoms with Gasteiger partial charge < -0.3 is 10.4 Å². The predicted molar refractivity (Wildman–Crippen MR) is 66.0 cm³/mol. The van der Waals surface area contributed by atoms with Gasteiger partial charge in [-0.2, -0.15) is 11.8 Å². The van der Waals surface area contributed by atoms with Gasteiger partial charge in [-0.3, -0.25) is 0 Å². The van der Waals surface area contributed by atoms with Crippen molar-refractivity contribution in [1.82, 2.24) is 5.32 Å². The van der Waals surface area contributed by atoms with Crippen LogP contribution in [0.1, 0.15) is 33.1 Å². The van der Waals surface area contributed by atoms with Crippen molar-refractivity contribution in [3.63, 3.8) is 0 Å². The van der Waals surface area contributed by atoms with Crippen molar-refractivity contribution in [3.8, 4) is 0 Å². The summed E-state index contributed by atoms with van der Waals surface area (Å²) in [7, 11) is 0. The van der Waals surface area contributed by atoms with E-state index in [1.165, 1.54) is 18.6 Å². The van der Waals surface area contributed by atoms with E-state index in [2.05, 4.69) is 25.4 Å². The molecular weight excluding hydrogens is 194 g/mol. The van der Waals surface area contributed by atoms with Gasteiger partial charge in [0, 0.05) is 18.6 Å². The topological polar surface area (TPSA) is 32.3 Å². The number of unbranched alkanes of at least 4 members (excludes halogenated alkanes) is 1. The van der Waals surface area contributed by atoms with Crippen LogP contribution < -0.4 is 5.32 Å². The maximum Gasteiger partial charge on any atom is 0.0496 e. The van der Waals surface area contributed by atoms with Gasteiger partial charge in [0.05, 0.1) is 0 Å². The summed E-state index contributed by atoms with van der Waals surface area (Å²) in [5, 5.41) is 12.6. The van der Waals surface area contributed by atoms with Crippen molar-refractivity contribution < 1.29 is 5.11 Å². The minimum Gasteiger partial charge on any atom is -0.396 e. The third-order valence-electron chi connectivity index (χ3n) is 2.74. The lowest BCUT2D eigenvalue weighted by atomic mass is 9.89. The van der Waals surface area contributed by atoms with Gasteiger partial charge in [-0.25, -0.2) is 0 Å². The van der Waals surface area contributed by atoms with E-state index < -0.39 is 0 Å². The molecule has 0 aromatic heterocycles. The van der Waals surface area contributed by atoms with Crippen LogP contribution >= 0.6 is 11.8 Å². The van der Waals surface area contributed by atoms with E-state index >= 15 is 0 Å². The van der Waals surface area contributed by atoms with Crippen LogP contribution in [0.15, 0.2) is 0 Å². The molecule has 0 fully saturated rings. The molecule has 0 saturated heterocycles. The van der Waals surface area contributed by atoms with Crippen LogP contribution in [-0.4, -0.2) is 36.8 Å². The minimum atomic E-state index is 0.0690. The molecule has 0 aliphatic carbocycles. The first-order valence-corrected chi connectivity index (χ1v) is 6.88. The van der Waals surface area contributed by atoms with Crippen LogP contribution in [0.5, 0.6) is 0 Å². The first kappa shape index (κ1) is 14.3. The summed E-state index contributed by atoms with van der Waals surface area (Å²) in [5.74, 6) is 1.26. The Morgan fingerprint density at radius 2 is 2.07 bits per heavy atom. The minimum absolute atomic E-state index is 0.0690. The zero-order valence-corrected chi connectivity index (χ0v) is 10.6. The Morgan fingerprint density at radius 3 is 2.57 bits per heavy atom. The van der Waals surface area contributed by atoms with E-state index in [9.17, 15) is 5.11 Å². The number of aliphatic hydroxyl groups is 1. The van der Waals surface area contributed by atoms with E-state index in [0.29, 0.717) is 0 Å². The van der Waals surface area contributed by atoms with Gasteiger partial charge in [0.25, 0.3) is 0 Å². The summed E-state index contributed by atoms with van der Waals surface area (Å²) in [5.41, 5.74) is 0.0690. The fourth-order valence-corrected chi connectivity index (χ4v) is 1.67. The summed E-state index contributed by atoms with van der Waals surface area (Å²) in [4.78, 5) is 0. The van der Waals surface area contributed by atoms with Gasteiger partial charge in [0.15, 0.2) is 0 Å². The molecule has 0 spiro atoms. The summed E-state index contributed by atoms with van der Waals surface area (Å²) in [6.45, 7) is 6.55. The molecule has 1 atom stereocenters. The summed E-state index contributed by atoms with van der Waals surface area (Å²) in [6.07, 6.45) is 5.71. The van der Waals surface area contributed by atoms with E-state index in [0.717, 1.165) is 19.5 Å². The van der Waals surface area contributed by atoms with Gasteiger partial charge in [-0.15, -0.1) is 0 Å². The van der Waals surface area contributed by atoms with Crippen molar-refractivity contribution in [2.75, 3.05) is 31.7 Å². The SMILES string of the molecule is CCC(C)(CO)CNCCCCSC. The quantitative estimate of drug-likeness (QED) is 0.583. The maximum absolute atomic E-state index is 9.18. The molecule has 86 valence electrons. The lowest BCUT2D eigenvalue weighted by Crippen LogP contribution is -2.34. The van der Waals surface area contributed by atoms with Gasteiger partial charge in [0.2, 0.25) is 0 Å². The number of aliphatic hydroxyl groups excluding tert-OH is 1. The summed E-state index contributed by atoms with van der Waals surface area (Å²) >= 11 is 1.91. The van der Waals surface area contributed by atoms with Crippen LogP contribution in [0, 0.1) is 5.41 Å². The Balaban J connectivity index is 3.34. The monoisotopic (exact) mass is 219 g/mol. The highest BCUT2D eigenvalue weighted by molar-refractivity contribution is 7.98. The normalized spacial score (nSPS) is 15.4. The predicted octanol–water partition coefficient (Wildman–Crippen LogP) is 2.13. The van der Waals surface area contributed by atoms with E-state index in [1.807, 2.05) is 11.8 Å². The van der Waals surface area contributed by atoms with Gasteiger partial charge in [-0.1, -0.05) is 13.8 Å². The Bertz CT molecular complexity index is 126. The second kappa shape index (κ2) is 8.57. The first-order valence-electron chi connectivity index (χ1n) is 5.49. The molecule has 0 rings (SSSR count). The zero-order valence-electron chi connectivity index (χ0n) is 9.81. The number of hydrogen-bond acceptors (Lipinski definition) is 3. The third-order valence-corrected chi connectivity index (χ3v) is 3.44. The van der Waals surface area contributed by atoms with Crippen molar-refractivity contribution in [3.05, 3.63) is 0 Å². The van der Waals surface area contributed by atoms with Crippen molar-refractivity contribution >= 4 is 11.8 Å². The Kier molecular flexibility index (Phi) is 8.73. The van der Waals surface area contributed by atoms with Crippen LogP contribution in [0.3, 0.4) is 0 Å². The average Bonchev–Trinajstić information content (AvgIpc) is 2.23. The lowest BCUT2D eigenvalue weighted by molar-refractivity contribution is 0.135. The van der Waals surface area contributed by atoms with Gasteiger partial charge >= 0.3 is 0 Å².